The molecule has 0 fully saturated rings. The predicted molar refractivity (Wildman–Crippen MR) is 79.8 cm³/mol. The number of nitrogens with zero attached hydrogens (tertiary/aromatic N) is 2. The summed E-state index contributed by atoms with van der Waals surface area (Å²) in [5, 5.41) is 3.30. The lowest BCUT2D eigenvalue weighted by atomic mass is 10.2. The number of carbonyl (C=O) groups is 2. The molecule has 1 aromatic rings. The molecule has 6 heteroatoms. The number of fused-ring (bicyclic) bond motifs is 1. The second-order valence-corrected chi connectivity index (χ2v) is 6.10. The van der Waals surface area contributed by atoms with Gasteiger partial charge in [0.1, 0.15) is 5.03 Å². The van der Waals surface area contributed by atoms with Crippen molar-refractivity contribution in [3.05, 3.63) is 18.3 Å². The summed E-state index contributed by atoms with van der Waals surface area (Å²) < 4.78 is 0. The van der Waals surface area contributed by atoms with Crippen LogP contribution in [-0.4, -0.2) is 35.1 Å². The van der Waals surface area contributed by atoms with Crippen molar-refractivity contribution in [2.45, 2.75) is 43.0 Å². The smallest absolute Gasteiger partial charge is 0.240 e. The van der Waals surface area contributed by atoms with Crippen LogP contribution in [0.2, 0.25) is 0 Å². The fourth-order valence-corrected chi connectivity index (χ4v) is 3.19. The van der Waals surface area contributed by atoms with Crippen LogP contribution in [-0.2, 0) is 9.59 Å². The first kappa shape index (κ1) is 14.8. The van der Waals surface area contributed by atoms with Gasteiger partial charge in [-0.15, -0.1) is 0 Å². The summed E-state index contributed by atoms with van der Waals surface area (Å²) >= 11 is 1.37. The van der Waals surface area contributed by atoms with Crippen molar-refractivity contribution in [1.29, 1.82) is 0 Å². The van der Waals surface area contributed by atoms with Gasteiger partial charge in [-0.2, -0.15) is 0 Å². The maximum Gasteiger partial charge on any atom is 0.240 e. The minimum Gasteiger partial charge on any atom is -0.354 e. The van der Waals surface area contributed by atoms with Gasteiger partial charge in [0.05, 0.1) is 10.9 Å². The van der Waals surface area contributed by atoms with E-state index in [4.69, 9.17) is 0 Å². The second kappa shape index (κ2) is 6.26. The third kappa shape index (κ3) is 3.12. The third-order valence-corrected chi connectivity index (χ3v) is 4.55. The molecule has 1 aromatic heterocycles. The van der Waals surface area contributed by atoms with Gasteiger partial charge in [0.15, 0.2) is 0 Å². The number of aromatic nitrogens is 1. The molecular weight excluding hydrogens is 274 g/mol. The van der Waals surface area contributed by atoms with Crippen LogP contribution in [0.5, 0.6) is 0 Å². The monoisotopic (exact) mass is 293 g/mol. The predicted octanol–water partition coefficient (Wildman–Crippen LogP) is 1.82. The fraction of sp³-hybridized carbons (Fsp3) is 0.500. The fourth-order valence-electron chi connectivity index (χ4n) is 1.98. The SMILES string of the molecule is CC[C@H](C)NC(=O)C[C@@H]1Sc2ncccc2N(C)C1=O. The van der Waals surface area contributed by atoms with Gasteiger partial charge in [-0.25, -0.2) is 4.98 Å². The van der Waals surface area contributed by atoms with Crippen molar-refractivity contribution in [2.24, 2.45) is 0 Å². The summed E-state index contributed by atoms with van der Waals surface area (Å²) in [5.41, 5.74) is 0.807. The highest BCUT2D eigenvalue weighted by Gasteiger charge is 2.33. The minimum atomic E-state index is -0.397. The average molecular weight is 293 g/mol. The van der Waals surface area contributed by atoms with Crippen molar-refractivity contribution in [3.63, 3.8) is 0 Å². The molecule has 108 valence electrons. The number of hydrogen-bond donors (Lipinski definition) is 1. The molecule has 0 unspecified atom stereocenters. The molecule has 0 spiro atoms. The van der Waals surface area contributed by atoms with E-state index in [0.717, 1.165) is 17.1 Å². The molecule has 1 aliphatic heterocycles. The van der Waals surface area contributed by atoms with Crippen LogP contribution < -0.4 is 10.2 Å². The van der Waals surface area contributed by atoms with E-state index in [-0.39, 0.29) is 24.3 Å². The van der Waals surface area contributed by atoms with E-state index in [1.165, 1.54) is 11.8 Å². The summed E-state index contributed by atoms with van der Waals surface area (Å²) in [6, 6.07) is 3.80. The lowest BCUT2D eigenvalue weighted by Gasteiger charge is -2.29. The number of amides is 2. The number of carbonyl (C=O) groups excluding carboxylic acids is 2. The van der Waals surface area contributed by atoms with Crippen molar-refractivity contribution >= 4 is 29.3 Å². The van der Waals surface area contributed by atoms with E-state index in [2.05, 4.69) is 10.3 Å². The van der Waals surface area contributed by atoms with Crippen LogP contribution in [0.3, 0.4) is 0 Å². The van der Waals surface area contributed by atoms with Crippen LogP contribution in [0, 0.1) is 0 Å². The summed E-state index contributed by atoms with van der Waals surface area (Å²) in [5.74, 6) is -0.132. The van der Waals surface area contributed by atoms with Gasteiger partial charge in [-0.05, 0) is 25.5 Å². The maximum absolute atomic E-state index is 12.3. The summed E-state index contributed by atoms with van der Waals surface area (Å²) in [7, 11) is 1.72. The molecule has 0 aromatic carbocycles. The van der Waals surface area contributed by atoms with Gasteiger partial charge < -0.3 is 10.2 Å². The molecule has 2 atom stereocenters. The molecule has 0 aliphatic carbocycles. The van der Waals surface area contributed by atoms with Crippen LogP contribution in [0.15, 0.2) is 23.4 Å². The molecule has 0 saturated carbocycles. The maximum atomic E-state index is 12.3. The Bertz CT molecular complexity index is 521. The number of nitrogens with one attached hydrogen (secondary N) is 1. The summed E-state index contributed by atoms with van der Waals surface area (Å²) in [6.45, 7) is 3.97. The lowest BCUT2D eigenvalue weighted by molar-refractivity contribution is -0.125. The molecule has 2 amide bonds. The van der Waals surface area contributed by atoms with Crippen molar-refractivity contribution in [3.8, 4) is 0 Å². The second-order valence-electron chi connectivity index (χ2n) is 4.91. The Kier molecular flexibility index (Phi) is 4.65. The summed E-state index contributed by atoms with van der Waals surface area (Å²) in [6.07, 6.45) is 2.77. The minimum absolute atomic E-state index is 0.0465. The number of anilines is 1. The van der Waals surface area contributed by atoms with Crippen LogP contribution in [0.4, 0.5) is 5.69 Å². The van der Waals surface area contributed by atoms with E-state index < -0.39 is 5.25 Å². The largest absolute Gasteiger partial charge is 0.354 e. The third-order valence-electron chi connectivity index (χ3n) is 3.36. The van der Waals surface area contributed by atoms with E-state index in [1.54, 1.807) is 24.2 Å². The highest BCUT2D eigenvalue weighted by Crippen LogP contribution is 2.37. The van der Waals surface area contributed by atoms with Crippen molar-refractivity contribution in [2.75, 3.05) is 11.9 Å². The Labute approximate surface area is 123 Å². The molecule has 20 heavy (non-hydrogen) atoms. The molecule has 1 aliphatic rings. The quantitative estimate of drug-likeness (QED) is 0.920. The number of rotatable bonds is 4. The topological polar surface area (TPSA) is 62.3 Å². The van der Waals surface area contributed by atoms with Crippen molar-refractivity contribution < 1.29 is 9.59 Å². The molecule has 0 bridgehead atoms. The Morgan fingerprint density at radius 3 is 3.05 bits per heavy atom. The van der Waals surface area contributed by atoms with Gasteiger partial charge in [-0.3, -0.25) is 9.59 Å². The average Bonchev–Trinajstić information content (AvgIpc) is 2.44. The Hall–Kier alpha value is -1.56. The van der Waals surface area contributed by atoms with Crippen LogP contribution in [0.1, 0.15) is 26.7 Å². The normalized spacial score (nSPS) is 19.4. The molecule has 5 nitrogen and oxygen atoms in total. The first-order valence-corrected chi connectivity index (χ1v) is 7.59. The van der Waals surface area contributed by atoms with Gasteiger partial charge >= 0.3 is 0 Å². The number of pyridine rings is 1. The zero-order valence-corrected chi connectivity index (χ0v) is 12.7. The Morgan fingerprint density at radius 1 is 1.60 bits per heavy atom. The first-order chi connectivity index (χ1) is 9.52. The van der Waals surface area contributed by atoms with Gasteiger partial charge in [0.2, 0.25) is 11.8 Å². The van der Waals surface area contributed by atoms with E-state index in [0.29, 0.717) is 0 Å². The Balaban J connectivity index is 2.07. The summed E-state index contributed by atoms with van der Waals surface area (Å²) in [4.78, 5) is 30.1. The molecule has 1 N–H and O–H groups in total. The van der Waals surface area contributed by atoms with Gasteiger partial charge in [0.25, 0.3) is 0 Å². The van der Waals surface area contributed by atoms with Crippen LogP contribution in [0.25, 0.3) is 0 Å². The van der Waals surface area contributed by atoms with Crippen molar-refractivity contribution in [1.82, 2.24) is 10.3 Å². The molecule has 2 heterocycles. The molecule has 0 radical (unpaired) electrons. The zero-order valence-electron chi connectivity index (χ0n) is 11.9. The highest BCUT2D eigenvalue weighted by atomic mass is 32.2. The van der Waals surface area contributed by atoms with E-state index in [9.17, 15) is 9.59 Å². The standard InChI is InChI=1S/C14H19N3O2S/c1-4-9(2)16-12(18)8-11-14(19)17(3)10-6-5-7-15-13(10)20-11/h5-7,9,11H,4,8H2,1-3H3,(H,16,18)/t9-,11-/m0/s1. The number of hydrogen-bond acceptors (Lipinski definition) is 4. The van der Waals surface area contributed by atoms with Gasteiger partial charge in [-0.1, -0.05) is 18.7 Å². The van der Waals surface area contributed by atoms with E-state index >= 15 is 0 Å². The lowest BCUT2D eigenvalue weighted by Crippen LogP contribution is -2.42. The highest BCUT2D eigenvalue weighted by molar-refractivity contribution is 8.00. The molecular formula is C14H19N3O2S. The molecule has 2 rings (SSSR count). The Morgan fingerprint density at radius 2 is 2.35 bits per heavy atom. The zero-order chi connectivity index (χ0) is 14.7. The molecule has 0 saturated heterocycles. The first-order valence-electron chi connectivity index (χ1n) is 6.71. The number of thioether (sulfide) groups is 1. The van der Waals surface area contributed by atoms with Gasteiger partial charge in [0, 0.05) is 25.7 Å². The van der Waals surface area contributed by atoms with E-state index in [1.807, 2.05) is 19.9 Å². The van der Waals surface area contributed by atoms with Crippen LogP contribution >= 0.6 is 11.8 Å².